The molecule has 0 aromatic carbocycles. The lowest BCUT2D eigenvalue weighted by Gasteiger charge is -1.70. The maximum absolute atomic E-state index is 10.2. The first kappa shape index (κ1) is 4.84. The van der Waals surface area contributed by atoms with Gasteiger partial charge in [-0.15, -0.1) is 11.8 Å². The van der Waals surface area contributed by atoms with Crippen molar-refractivity contribution in [3.05, 3.63) is 5.75 Å². The first-order chi connectivity index (χ1) is 3.30. The van der Waals surface area contributed by atoms with Crippen LogP contribution in [0, 0.1) is 5.75 Å². The van der Waals surface area contributed by atoms with Gasteiger partial charge in [-0.05, 0) is 0 Å². The van der Waals surface area contributed by atoms with Gasteiger partial charge in [0, 0.05) is 0 Å². The summed E-state index contributed by atoms with van der Waals surface area (Å²) in [7, 11) is 0. The molecule has 0 aliphatic carbocycles. The normalized spacial score (nSPS) is 21.1. The Labute approximate surface area is 45.3 Å². The molecule has 1 fully saturated rings. The standard InChI is InChI=1S/C4H3O2S/c5-3-1-7-2-4(3)6/h1H,2H2. The van der Waals surface area contributed by atoms with Crippen molar-refractivity contribution in [2.75, 3.05) is 5.75 Å². The molecule has 1 aliphatic rings. The van der Waals surface area contributed by atoms with Crippen molar-refractivity contribution < 1.29 is 9.59 Å². The number of thioether (sulfide) groups is 1. The average Bonchev–Trinajstić information content (AvgIpc) is 1.91. The first-order valence-electron chi connectivity index (χ1n) is 1.82. The second-order valence-corrected chi connectivity index (χ2v) is 2.07. The second-order valence-electron chi connectivity index (χ2n) is 1.22. The van der Waals surface area contributed by atoms with Gasteiger partial charge in [-0.2, -0.15) is 0 Å². The zero-order valence-corrected chi connectivity index (χ0v) is 4.33. The van der Waals surface area contributed by atoms with Crippen molar-refractivity contribution in [1.82, 2.24) is 0 Å². The van der Waals surface area contributed by atoms with Crippen LogP contribution in [0.5, 0.6) is 0 Å². The fourth-order valence-corrected chi connectivity index (χ4v) is 0.990. The Bertz CT molecular complexity index is 105. The molecule has 0 bridgehead atoms. The van der Waals surface area contributed by atoms with E-state index in [2.05, 4.69) is 0 Å². The van der Waals surface area contributed by atoms with Crippen LogP contribution in [0.1, 0.15) is 0 Å². The summed E-state index contributed by atoms with van der Waals surface area (Å²) in [6, 6.07) is 0. The van der Waals surface area contributed by atoms with Crippen LogP contribution in [0.4, 0.5) is 0 Å². The Morgan fingerprint density at radius 3 is 2.43 bits per heavy atom. The van der Waals surface area contributed by atoms with Crippen LogP contribution >= 0.6 is 11.8 Å². The molecule has 3 heteroatoms. The number of carbonyl (C=O) groups excluding carboxylic acids is 2. The van der Waals surface area contributed by atoms with Gasteiger partial charge in [0.2, 0.25) is 11.6 Å². The third kappa shape index (κ3) is 0.825. The number of rotatable bonds is 0. The van der Waals surface area contributed by atoms with Crippen molar-refractivity contribution in [2.24, 2.45) is 0 Å². The fourth-order valence-electron chi connectivity index (χ4n) is 0.330. The van der Waals surface area contributed by atoms with Crippen LogP contribution in [-0.2, 0) is 9.59 Å². The van der Waals surface area contributed by atoms with Crippen molar-refractivity contribution >= 4 is 23.3 Å². The average molecular weight is 115 g/mol. The minimum atomic E-state index is -0.343. The lowest BCUT2D eigenvalue weighted by Crippen LogP contribution is -2.05. The summed E-state index contributed by atoms with van der Waals surface area (Å²) in [6.45, 7) is 0. The smallest absolute Gasteiger partial charge is 0.213 e. The summed E-state index contributed by atoms with van der Waals surface area (Å²) in [4.78, 5) is 20.3. The molecule has 0 atom stereocenters. The highest BCUT2D eigenvalue weighted by molar-refractivity contribution is 8.03. The predicted molar refractivity (Wildman–Crippen MR) is 26.8 cm³/mol. The number of Topliss-reactive ketones (excluding diaryl/α,β-unsaturated/α-hetero) is 2. The van der Waals surface area contributed by atoms with Crippen molar-refractivity contribution in [2.45, 2.75) is 0 Å². The SMILES string of the molecule is O=C1[CH]SCC1=O. The van der Waals surface area contributed by atoms with Crippen LogP contribution in [-0.4, -0.2) is 17.3 Å². The minimum absolute atomic E-state index is 0.273. The molecule has 0 N–H and O–H groups in total. The lowest BCUT2D eigenvalue weighted by molar-refractivity contribution is -0.132. The van der Waals surface area contributed by atoms with E-state index in [9.17, 15) is 9.59 Å². The number of ketones is 2. The lowest BCUT2D eigenvalue weighted by atomic mass is 10.3. The van der Waals surface area contributed by atoms with Gasteiger partial charge in [-0.25, -0.2) is 0 Å². The van der Waals surface area contributed by atoms with E-state index in [-0.39, 0.29) is 11.6 Å². The molecule has 1 saturated heterocycles. The van der Waals surface area contributed by atoms with E-state index in [1.54, 1.807) is 0 Å². The van der Waals surface area contributed by atoms with Crippen molar-refractivity contribution in [3.8, 4) is 0 Å². The largest absolute Gasteiger partial charge is 0.290 e. The van der Waals surface area contributed by atoms with Crippen molar-refractivity contribution in [3.63, 3.8) is 0 Å². The van der Waals surface area contributed by atoms with Gasteiger partial charge in [-0.3, -0.25) is 9.59 Å². The summed E-state index contributed by atoms with van der Waals surface area (Å²) in [6.07, 6.45) is 0. The zero-order valence-electron chi connectivity index (χ0n) is 3.51. The van der Waals surface area contributed by atoms with E-state index in [0.717, 1.165) is 0 Å². The van der Waals surface area contributed by atoms with Gasteiger partial charge in [0.1, 0.15) is 0 Å². The number of hydrogen-bond acceptors (Lipinski definition) is 3. The molecule has 0 saturated carbocycles. The van der Waals surface area contributed by atoms with E-state index in [0.29, 0.717) is 5.75 Å². The van der Waals surface area contributed by atoms with Crippen LogP contribution in [0.2, 0.25) is 0 Å². The van der Waals surface area contributed by atoms with Crippen LogP contribution in [0.25, 0.3) is 0 Å². The van der Waals surface area contributed by atoms with Gasteiger partial charge in [0.25, 0.3) is 0 Å². The Hall–Kier alpha value is -0.310. The van der Waals surface area contributed by atoms with Crippen molar-refractivity contribution in [1.29, 1.82) is 0 Å². The van der Waals surface area contributed by atoms with E-state index < -0.39 is 0 Å². The molecule has 0 aromatic rings. The van der Waals surface area contributed by atoms with E-state index in [1.165, 1.54) is 17.5 Å². The summed E-state index contributed by atoms with van der Waals surface area (Å²) in [5.74, 6) is 1.08. The molecule has 0 unspecified atom stereocenters. The van der Waals surface area contributed by atoms with Gasteiger partial charge >= 0.3 is 0 Å². The monoisotopic (exact) mass is 115 g/mol. The number of carbonyl (C=O) groups is 2. The number of hydrogen-bond donors (Lipinski definition) is 0. The molecule has 1 rings (SSSR count). The Kier molecular flexibility index (Phi) is 1.15. The fraction of sp³-hybridized carbons (Fsp3) is 0.250. The second kappa shape index (κ2) is 1.66. The Morgan fingerprint density at radius 2 is 2.29 bits per heavy atom. The molecule has 2 nitrogen and oxygen atoms in total. The predicted octanol–water partition coefficient (Wildman–Crippen LogP) is 0.0332. The summed E-state index contributed by atoms with van der Waals surface area (Å²) < 4.78 is 0. The molecular weight excluding hydrogens is 112 g/mol. The van der Waals surface area contributed by atoms with Gasteiger partial charge in [-0.1, -0.05) is 0 Å². The molecular formula is C4H3O2S. The third-order valence-corrected chi connectivity index (χ3v) is 1.49. The molecule has 7 heavy (non-hydrogen) atoms. The molecule has 37 valence electrons. The van der Waals surface area contributed by atoms with Gasteiger partial charge in [0.05, 0.1) is 11.5 Å². The minimum Gasteiger partial charge on any atom is -0.290 e. The van der Waals surface area contributed by atoms with Crippen LogP contribution in [0.3, 0.4) is 0 Å². The van der Waals surface area contributed by atoms with Crippen LogP contribution < -0.4 is 0 Å². The van der Waals surface area contributed by atoms with E-state index in [4.69, 9.17) is 0 Å². The maximum Gasteiger partial charge on any atom is 0.213 e. The molecule has 1 radical (unpaired) electrons. The Balaban J connectivity index is 2.65. The van der Waals surface area contributed by atoms with E-state index in [1.807, 2.05) is 0 Å². The molecule has 0 aromatic heterocycles. The zero-order chi connectivity index (χ0) is 5.28. The first-order valence-corrected chi connectivity index (χ1v) is 2.87. The molecule has 1 aliphatic heterocycles. The Morgan fingerprint density at radius 1 is 1.57 bits per heavy atom. The van der Waals surface area contributed by atoms with Gasteiger partial charge in [0.15, 0.2) is 0 Å². The molecule has 0 spiro atoms. The van der Waals surface area contributed by atoms with Gasteiger partial charge < -0.3 is 0 Å². The quantitative estimate of drug-likeness (QED) is 0.418. The summed E-state index contributed by atoms with van der Waals surface area (Å²) in [5.41, 5.74) is 0. The topological polar surface area (TPSA) is 34.1 Å². The summed E-state index contributed by atoms with van der Waals surface area (Å²) >= 11 is 1.27. The molecule has 0 amide bonds. The van der Waals surface area contributed by atoms with Crippen LogP contribution in [0.15, 0.2) is 0 Å². The third-order valence-electron chi connectivity index (χ3n) is 0.680. The summed E-state index contributed by atoms with van der Waals surface area (Å²) in [5, 5.41) is 0. The highest BCUT2D eigenvalue weighted by Gasteiger charge is 2.20. The molecule has 1 heterocycles. The highest BCUT2D eigenvalue weighted by atomic mass is 32.2. The maximum atomic E-state index is 10.2. The highest BCUT2D eigenvalue weighted by Crippen LogP contribution is 2.14. The van der Waals surface area contributed by atoms with E-state index >= 15 is 0 Å².